The Kier molecular flexibility index (Phi) is 5.50. The zero-order valence-corrected chi connectivity index (χ0v) is 15.1. The largest absolute Gasteiger partial charge is 0.472 e. The Labute approximate surface area is 150 Å². The van der Waals surface area contributed by atoms with E-state index < -0.39 is 0 Å². The highest BCUT2D eigenvalue weighted by atomic mass is 32.1. The lowest BCUT2D eigenvalue weighted by molar-refractivity contribution is -0.141. The van der Waals surface area contributed by atoms with Gasteiger partial charge in [-0.15, -0.1) is 11.3 Å². The van der Waals surface area contributed by atoms with Crippen molar-refractivity contribution in [1.29, 1.82) is 0 Å². The van der Waals surface area contributed by atoms with E-state index in [-0.39, 0.29) is 17.9 Å². The van der Waals surface area contributed by atoms with Gasteiger partial charge in [0.2, 0.25) is 0 Å². The van der Waals surface area contributed by atoms with E-state index in [4.69, 9.17) is 4.42 Å². The molecule has 8 heteroatoms. The van der Waals surface area contributed by atoms with Gasteiger partial charge >= 0.3 is 5.97 Å². The number of piperazine rings is 1. The molecular weight excluding hydrogens is 342 g/mol. The SMILES string of the molecule is COC(=O)CCN1CCN(C(=O)c2csc(-c3ccoc3)n2)C[C@@H]1C. The minimum atomic E-state index is -0.208. The molecule has 1 saturated heterocycles. The highest BCUT2D eigenvalue weighted by Gasteiger charge is 2.28. The lowest BCUT2D eigenvalue weighted by Crippen LogP contribution is -2.54. The number of nitrogens with zero attached hydrogens (tertiary/aromatic N) is 3. The van der Waals surface area contributed by atoms with E-state index in [1.807, 2.05) is 11.0 Å². The molecule has 1 aliphatic heterocycles. The second-order valence-electron chi connectivity index (χ2n) is 6.01. The van der Waals surface area contributed by atoms with Crippen molar-refractivity contribution in [2.45, 2.75) is 19.4 Å². The topological polar surface area (TPSA) is 75.9 Å². The summed E-state index contributed by atoms with van der Waals surface area (Å²) in [6.45, 7) is 4.70. The van der Waals surface area contributed by atoms with Crippen LogP contribution in [0.2, 0.25) is 0 Å². The Balaban J connectivity index is 1.58. The van der Waals surface area contributed by atoms with Gasteiger partial charge in [0.1, 0.15) is 17.0 Å². The van der Waals surface area contributed by atoms with E-state index in [0.29, 0.717) is 31.7 Å². The number of carbonyl (C=O) groups excluding carboxylic acids is 2. The van der Waals surface area contributed by atoms with Gasteiger partial charge in [0.05, 0.1) is 19.8 Å². The summed E-state index contributed by atoms with van der Waals surface area (Å²) in [5, 5.41) is 2.57. The zero-order valence-electron chi connectivity index (χ0n) is 14.3. The average Bonchev–Trinajstić information content (AvgIpc) is 3.30. The molecule has 0 N–H and O–H groups in total. The van der Waals surface area contributed by atoms with Crippen LogP contribution in [0, 0.1) is 0 Å². The third-order valence-corrected chi connectivity index (χ3v) is 5.27. The van der Waals surface area contributed by atoms with E-state index in [0.717, 1.165) is 17.1 Å². The molecule has 3 heterocycles. The molecule has 0 aromatic carbocycles. The fourth-order valence-electron chi connectivity index (χ4n) is 2.90. The number of aromatic nitrogens is 1. The van der Waals surface area contributed by atoms with Crippen molar-refractivity contribution in [2.75, 3.05) is 33.3 Å². The van der Waals surface area contributed by atoms with Crippen molar-refractivity contribution >= 4 is 23.2 Å². The van der Waals surface area contributed by atoms with Crippen molar-refractivity contribution in [2.24, 2.45) is 0 Å². The first-order chi connectivity index (χ1) is 12.1. The molecule has 2 aromatic rings. The van der Waals surface area contributed by atoms with Crippen LogP contribution in [-0.2, 0) is 9.53 Å². The van der Waals surface area contributed by atoms with Crippen molar-refractivity contribution in [1.82, 2.24) is 14.8 Å². The first kappa shape index (κ1) is 17.6. The molecular formula is C17H21N3O4S. The summed E-state index contributed by atoms with van der Waals surface area (Å²) in [6.07, 6.45) is 3.58. The van der Waals surface area contributed by atoms with Crippen LogP contribution in [0.3, 0.4) is 0 Å². The Morgan fingerprint density at radius 2 is 2.28 bits per heavy atom. The number of thiazole rings is 1. The highest BCUT2D eigenvalue weighted by molar-refractivity contribution is 7.13. The first-order valence-electron chi connectivity index (χ1n) is 8.16. The lowest BCUT2D eigenvalue weighted by Gasteiger charge is -2.39. The van der Waals surface area contributed by atoms with E-state index in [9.17, 15) is 9.59 Å². The number of hydrogen-bond acceptors (Lipinski definition) is 7. The third-order valence-electron chi connectivity index (χ3n) is 4.37. The van der Waals surface area contributed by atoms with Crippen LogP contribution >= 0.6 is 11.3 Å². The number of methoxy groups -OCH3 is 1. The lowest BCUT2D eigenvalue weighted by atomic mass is 10.1. The fraction of sp³-hybridized carbons (Fsp3) is 0.471. The summed E-state index contributed by atoms with van der Waals surface area (Å²) in [4.78, 5) is 32.5. The Morgan fingerprint density at radius 3 is 2.96 bits per heavy atom. The van der Waals surface area contributed by atoms with Crippen LogP contribution in [0.1, 0.15) is 23.8 Å². The quantitative estimate of drug-likeness (QED) is 0.758. The van der Waals surface area contributed by atoms with Crippen LogP contribution < -0.4 is 0 Å². The number of amides is 1. The van der Waals surface area contributed by atoms with Gasteiger partial charge in [-0.05, 0) is 13.0 Å². The molecule has 0 radical (unpaired) electrons. The summed E-state index contributed by atoms with van der Waals surface area (Å²) >= 11 is 1.43. The zero-order chi connectivity index (χ0) is 17.8. The predicted octanol–water partition coefficient (Wildman–Crippen LogP) is 2.11. The van der Waals surface area contributed by atoms with Crippen molar-refractivity contribution in [3.05, 3.63) is 29.7 Å². The van der Waals surface area contributed by atoms with Gasteiger partial charge in [-0.2, -0.15) is 0 Å². The maximum atomic E-state index is 12.7. The molecule has 134 valence electrons. The van der Waals surface area contributed by atoms with Crippen molar-refractivity contribution in [3.63, 3.8) is 0 Å². The molecule has 7 nitrogen and oxygen atoms in total. The molecule has 1 amide bonds. The van der Waals surface area contributed by atoms with Gasteiger partial charge in [-0.3, -0.25) is 14.5 Å². The van der Waals surface area contributed by atoms with Crippen molar-refractivity contribution in [3.8, 4) is 10.6 Å². The monoisotopic (exact) mass is 363 g/mol. The summed E-state index contributed by atoms with van der Waals surface area (Å²) in [6, 6.07) is 2.02. The van der Waals surface area contributed by atoms with Gasteiger partial charge in [-0.25, -0.2) is 4.98 Å². The molecule has 1 fully saturated rings. The summed E-state index contributed by atoms with van der Waals surface area (Å²) < 4.78 is 9.74. The number of carbonyl (C=O) groups is 2. The molecule has 2 aromatic heterocycles. The maximum absolute atomic E-state index is 12.7. The molecule has 25 heavy (non-hydrogen) atoms. The smallest absolute Gasteiger partial charge is 0.306 e. The van der Waals surface area contributed by atoms with Gasteiger partial charge < -0.3 is 14.1 Å². The molecule has 1 atom stereocenters. The van der Waals surface area contributed by atoms with Crippen LogP contribution in [0.25, 0.3) is 10.6 Å². The molecule has 1 aliphatic rings. The average molecular weight is 363 g/mol. The summed E-state index contributed by atoms with van der Waals surface area (Å²) in [5.74, 6) is -0.259. The number of hydrogen-bond donors (Lipinski definition) is 0. The Bertz CT molecular complexity index is 728. The molecule has 0 aliphatic carbocycles. The Morgan fingerprint density at radius 1 is 1.44 bits per heavy atom. The van der Waals surface area contributed by atoms with Crippen molar-refractivity contribution < 1.29 is 18.7 Å². The predicted molar refractivity (Wildman–Crippen MR) is 93.4 cm³/mol. The van der Waals surface area contributed by atoms with Gasteiger partial charge in [-0.1, -0.05) is 0 Å². The van der Waals surface area contributed by atoms with Gasteiger partial charge in [0.25, 0.3) is 5.91 Å². The maximum Gasteiger partial charge on any atom is 0.306 e. The standard InChI is InChI=1S/C17H21N3O4S/c1-12-9-20(7-6-19(12)5-3-15(21)23-2)17(22)14-11-25-16(18-14)13-4-8-24-10-13/h4,8,10-12H,3,5-7,9H2,1-2H3/t12-/m0/s1. The van der Waals surface area contributed by atoms with Gasteiger partial charge in [0.15, 0.2) is 0 Å². The summed E-state index contributed by atoms with van der Waals surface area (Å²) in [5.41, 5.74) is 1.35. The molecule has 0 bridgehead atoms. The number of ether oxygens (including phenoxy) is 1. The first-order valence-corrected chi connectivity index (χ1v) is 9.04. The number of esters is 1. The van der Waals surface area contributed by atoms with E-state index >= 15 is 0 Å². The minimum Gasteiger partial charge on any atom is -0.472 e. The minimum absolute atomic E-state index is 0.0505. The fourth-order valence-corrected chi connectivity index (χ4v) is 3.68. The Hall–Kier alpha value is -2.19. The molecule has 0 saturated carbocycles. The molecule has 0 spiro atoms. The van der Waals surface area contributed by atoms with Gasteiger partial charge in [0, 0.05) is 43.2 Å². The van der Waals surface area contributed by atoms with E-state index in [2.05, 4.69) is 21.5 Å². The van der Waals surface area contributed by atoms with E-state index in [1.165, 1.54) is 18.4 Å². The summed E-state index contributed by atoms with van der Waals surface area (Å²) in [7, 11) is 1.40. The number of furan rings is 1. The normalized spacial score (nSPS) is 18.3. The second kappa shape index (κ2) is 7.79. The highest BCUT2D eigenvalue weighted by Crippen LogP contribution is 2.25. The van der Waals surface area contributed by atoms with Crippen LogP contribution in [0.4, 0.5) is 0 Å². The van der Waals surface area contributed by atoms with Crippen LogP contribution in [0.5, 0.6) is 0 Å². The number of rotatable bonds is 5. The van der Waals surface area contributed by atoms with E-state index in [1.54, 1.807) is 17.9 Å². The van der Waals surface area contributed by atoms with Crippen LogP contribution in [0.15, 0.2) is 28.4 Å². The third kappa shape index (κ3) is 4.08. The second-order valence-corrected chi connectivity index (χ2v) is 6.87. The van der Waals surface area contributed by atoms with Crippen LogP contribution in [-0.4, -0.2) is 66.0 Å². The molecule has 0 unspecified atom stereocenters. The molecule has 3 rings (SSSR count).